The van der Waals surface area contributed by atoms with Gasteiger partial charge >= 0.3 is 5.97 Å². The Labute approximate surface area is 93.0 Å². The zero-order valence-corrected chi connectivity index (χ0v) is 10.6. The van der Waals surface area contributed by atoms with Gasteiger partial charge in [0, 0.05) is 13.1 Å². The number of carbonyl (C=O) groups is 1. The van der Waals surface area contributed by atoms with E-state index in [0.717, 1.165) is 19.5 Å². The number of hydrogen-bond donors (Lipinski definition) is 1. The minimum Gasteiger partial charge on any atom is -0.465 e. The maximum Gasteiger partial charge on any atom is 0.326 e. The predicted octanol–water partition coefficient (Wildman–Crippen LogP) is 0.869. The molecule has 0 aliphatic heterocycles. The second kappa shape index (κ2) is 6.80. The molecule has 0 saturated heterocycles. The lowest BCUT2D eigenvalue weighted by atomic mass is 9.99. The van der Waals surface area contributed by atoms with Crippen LogP contribution in [-0.4, -0.2) is 50.2 Å². The minimum absolute atomic E-state index is 0.161. The second-order valence-electron chi connectivity index (χ2n) is 4.14. The largest absolute Gasteiger partial charge is 0.465 e. The maximum atomic E-state index is 11.7. The van der Waals surface area contributed by atoms with Gasteiger partial charge in [-0.25, -0.2) is 0 Å². The van der Waals surface area contributed by atoms with Crippen LogP contribution in [0.4, 0.5) is 0 Å². The quantitative estimate of drug-likeness (QED) is 0.641. The Kier molecular flexibility index (Phi) is 6.52. The van der Waals surface area contributed by atoms with Crippen molar-refractivity contribution in [3.63, 3.8) is 0 Å². The van der Waals surface area contributed by atoms with Crippen LogP contribution in [0, 0.1) is 0 Å². The van der Waals surface area contributed by atoms with E-state index < -0.39 is 5.54 Å². The number of ether oxygens (including phenoxy) is 1. The molecule has 0 aromatic carbocycles. The summed E-state index contributed by atoms with van der Waals surface area (Å²) in [5.74, 6) is -0.161. The van der Waals surface area contributed by atoms with Crippen LogP contribution in [0.5, 0.6) is 0 Å². The Morgan fingerprint density at radius 3 is 2.40 bits per heavy atom. The maximum absolute atomic E-state index is 11.7. The summed E-state index contributed by atoms with van der Waals surface area (Å²) >= 11 is 0. The standard InChI is InChI=1S/C11H24N2O2/c1-6-11(3,10(14)15-7-2)12-8-9-13(4)5/h12H,6-9H2,1-5H3. The molecular weight excluding hydrogens is 192 g/mol. The highest BCUT2D eigenvalue weighted by Crippen LogP contribution is 2.11. The Balaban J connectivity index is 4.12. The van der Waals surface area contributed by atoms with Crippen molar-refractivity contribution < 1.29 is 9.53 Å². The van der Waals surface area contributed by atoms with Crippen LogP contribution in [0.25, 0.3) is 0 Å². The summed E-state index contributed by atoms with van der Waals surface area (Å²) in [6, 6.07) is 0. The first-order valence-electron chi connectivity index (χ1n) is 5.53. The molecule has 0 spiro atoms. The van der Waals surface area contributed by atoms with E-state index in [-0.39, 0.29) is 5.97 Å². The van der Waals surface area contributed by atoms with Crippen molar-refractivity contribution in [1.29, 1.82) is 0 Å². The molecule has 0 aliphatic rings. The predicted molar refractivity (Wildman–Crippen MR) is 61.9 cm³/mol. The lowest BCUT2D eigenvalue weighted by molar-refractivity contribution is -0.150. The van der Waals surface area contributed by atoms with Gasteiger partial charge in [-0.15, -0.1) is 0 Å². The number of carbonyl (C=O) groups excluding carboxylic acids is 1. The molecule has 0 aromatic heterocycles. The van der Waals surface area contributed by atoms with Gasteiger partial charge < -0.3 is 15.0 Å². The summed E-state index contributed by atoms with van der Waals surface area (Å²) in [4.78, 5) is 13.8. The van der Waals surface area contributed by atoms with Crippen LogP contribution in [-0.2, 0) is 9.53 Å². The van der Waals surface area contributed by atoms with Gasteiger partial charge in [0.05, 0.1) is 6.61 Å². The Morgan fingerprint density at radius 2 is 2.00 bits per heavy atom. The molecular formula is C11H24N2O2. The minimum atomic E-state index is -0.550. The Bertz CT molecular complexity index is 195. The third-order valence-corrected chi connectivity index (χ3v) is 2.51. The molecule has 1 N–H and O–H groups in total. The van der Waals surface area contributed by atoms with Gasteiger partial charge in [0.25, 0.3) is 0 Å². The summed E-state index contributed by atoms with van der Waals surface area (Å²) < 4.78 is 5.04. The van der Waals surface area contributed by atoms with E-state index in [2.05, 4.69) is 10.2 Å². The molecule has 1 unspecified atom stereocenters. The molecule has 0 bridgehead atoms. The molecule has 0 amide bonds. The fraction of sp³-hybridized carbons (Fsp3) is 0.909. The summed E-state index contributed by atoms with van der Waals surface area (Å²) in [6.45, 7) is 7.84. The van der Waals surface area contributed by atoms with E-state index in [4.69, 9.17) is 4.74 Å². The number of likely N-dealkylation sites (N-methyl/N-ethyl adjacent to an activating group) is 1. The van der Waals surface area contributed by atoms with E-state index in [1.54, 1.807) is 0 Å². The number of esters is 1. The van der Waals surface area contributed by atoms with Gasteiger partial charge in [0.15, 0.2) is 0 Å². The van der Waals surface area contributed by atoms with Crippen LogP contribution >= 0.6 is 0 Å². The smallest absolute Gasteiger partial charge is 0.326 e. The molecule has 0 rings (SSSR count). The molecule has 0 aromatic rings. The average molecular weight is 216 g/mol. The molecule has 0 heterocycles. The molecule has 0 radical (unpaired) electrons. The van der Waals surface area contributed by atoms with Crippen LogP contribution in [0.15, 0.2) is 0 Å². The van der Waals surface area contributed by atoms with Crippen molar-refractivity contribution in [3.8, 4) is 0 Å². The van der Waals surface area contributed by atoms with E-state index in [0.29, 0.717) is 6.61 Å². The third-order valence-electron chi connectivity index (χ3n) is 2.51. The topological polar surface area (TPSA) is 41.6 Å². The normalized spacial score (nSPS) is 15.1. The van der Waals surface area contributed by atoms with Gasteiger partial charge in [0.2, 0.25) is 0 Å². The first-order chi connectivity index (χ1) is 6.96. The van der Waals surface area contributed by atoms with Crippen LogP contribution in [0.1, 0.15) is 27.2 Å². The van der Waals surface area contributed by atoms with Gasteiger partial charge in [0.1, 0.15) is 5.54 Å². The summed E-state index contributed by atoms with van der Waals surface area (Å²) in [5.41, 5.74) is -0.550. The Morgan fingerprint density at radius 1 is 1.40 bits per heavy atom. The number of hydrogen-bond acceptors (Lipinski definition) is 4. The first-order valence-corrected chi connectivity index (χ1v) is 5.53. The number of nitrogens with zero attached hydrogens (tertiary/aromatic N) is 1. The van der Waals surface area contributed by atoms with Crippen molar-refractivity contribution in [1.82, 2.24) is 10.2 Å². The van der Waals surface area contributed by atoms with E-state index in [9.17, 15) is 4.79 Å². The zero-order chi connectivity index (χ0) is 11.9. The molecule has 1 atom stereocenters. The fourth-order valence-electron chi connectivity index (χ4n) is 1.19. The van der Waals surface area contributed by atoms with Crippen molar-refractivity contribution >= 4 is 5.97 Å². The van der Waals surface area contributed by atoms with E-state index in [1.807, 2.05) is 34.9 Å². The van der Waals surface area contributed by atoms with E-state index >= 15 is 0 Å². The molecule has 0 fully saturated rings. The molecule has 0 saturated carbocycles. The highest BCUT2D eigenvalue weighted by molar-refractivity contribution is 5.80. The molecule has 15 heavy (non-hydrogen) atoms. The van der Waals surface area contributed by atoms with Crippen LogP contribution < -0.4 is 5.32 Å². The van der Waals surface area contributed by atoms with Gasteiger partial charge in [-0.3, -0.25) is 4.79 Å². The third kappa shape index (κ3) is 5.14. The van der Waals surface area contributed by atoms with Gasteiger partial charge in [-0.1, -0.05) is 6.92 Å². The zero-order valence-electron chi connectivity index (χ0n) is 10.6. The van der Waals surface area contributed by atoms with Crippen LogP contribution in [0.2, 0.25) is 0 Å². The number of rotatable bonds is 7. The molecule has 90 valence electrons. The molecule has 0 aliphatic carbocycles. The van der Waals surface area contributed by atoms with Crippen molar-refractivity contribution in [2.45, 2.75) is 32.7 Å². The van der Waals surface area contributed by atoms with Crippen molar-refractivity contribution in [3.05, 3.63) is 0 Å². The molecule has 4 nitrogen and oxygen atoms in total. The molecule has 4 heteroatoms. The highest BCUT2D eigenvalue weighted by Gasteiger charge is 2.31. The van der Waals surface area contributed by atoms with E-state index in [1.165, 1.54) is 0 Å². The first kappa shape index (κ1) is 14.4. The van der Waals surface area contributed by atoms with Crippen molar-refractivity contribution in [2.24, 2.45) is 0 Å². The lowest BCUT2D eigenvalue weighted by Crippen LogP contribution is -2.51. The second-order valence-corrected chi connectivity index (χ2v) is 4.14. The number of nitrogens with one attached hydrogen (secondary N) is 1. The lowest BCUT2D eigenvalue weighted by Gasteiger charge is -2.27. The van der Waals surface area contributed by atoms with Gasteiger partial charge in [-0.2, -0.15) is 0 Å². The summed E-state index contributed by atoms with van der Waals surface area (Å²) in [7, 11) is 4.02. The van der Waals surface area contributed by atoms with Crippen molar-refractivity contribution in [2.75, 3.05) is 33.8 Å². The summed E-state index contributed by atoms with van der Waals surface area (Å²) in [6.07, 6.45) is 0.735. The van der Waals surface area contributed by atoms with Gasteiger partial charge in [-0.05, 0) is 34.4 Å². The highest BCUT2D eigenvalue weighted by atomic mass is 16.5. The Hall–Kier alpha value is -0.610. The van der Waals surface area contributed by atoms with Crippen LogP contribution in [0.3, 0.4) is 0 Å². The summed E-state index contributed by atoms with van der Waals surface area (Å²) in [5, 5.41) is 3.25. The average Bonchev–Trinajstić information content (AvgIpc) is 2.17. The fourth-order valence-corrected chi connectivity index (χ4v) is 1.19. The monoisotopic (exact) mass is 216 g/mol. The SMILES string of the molecule is CCOC(=O)C(C)(CC)NCCN(C)C.